The van der Waals surface area contributed by atoms with Crippen LogP contribution in [0.4, 0.5) is 0 Å². The number of rotatable bonds is 4. The molecule has 0 aliphatic heterocycles. The standard InChI is InChI=1S/C11H18N2O/c1-4-10(12)9-6-8(3)11(13-7-9)14-5-2/h6-7,10H,4-5,12H2,1-3H3/t10-/m1/s1. The van der Waals surface area contributed by atoms with Crippen molar-refractivity contribution in [1.82, 2.24) is 4.98 Å². The van der Waals surface area contributed by atoms with Crippen LogP contribution in [0.2, 0.25) is 0 Å². The minimum Gasteiger partial charge on any atom is -0.478 e. The average Bonchev–Trinajstić information content (AvgIpc) is 2.20. The summed E-state index contributed by atoms with van der Waals surface area (Å²) in [6.45, 7) is 6.65. The van der Waals surface area contributed by atoms with Gasteiger partial charge in [-0.05, 0) is 31.9 Å². The molecule has 0 aliphatic rings. The van der Waals surface area contributed by atoms with Crippen molar-refractivity contribution in [1.29, 1.82) is 0 Å². The first-order chi connectivity index (χ1) is 6.69. The zero-order chi connectivity index (χ0) is 10.6. The molecule has 3 nitrogen and oxygen atoms in total. The minimum atomic E-state index is 0.0804. The Balaban J connectivity index is 2.88. The molecule has 0 saturated carbocycles. The second-order valence-corrected chi connectivity index (χ2v) is 3.34. The second kappa shape index (κ2) is 4.96. The van der Waals surface area contributed by atoms with Crippen molar-refractivity contribution in [2.45, 2.75) is 33.2 Å². The third kappa shape index (κ3) is 2.45. The van der Waals surface area contributed by atoms with Crippen LogP contribution in [-0.2, 0) is 0 Å². The van der Waals surface area contributed by atoms with Gasteiger partial charge in [0.2, 0.25) is 5.88 Å². The average molecular weight is 194 g/mol. The van der Waals surface area contributed by atoms with E-state index in [4.69, 9.17) is 10.5 Å². The molecule has 1 aromatic rings. The largest absolute Gasteiger partial charge is 0.478 e. The maximum Gasteiger partial charge on any atom is 0.216 e. The van der Waals surface area contributed by atoms with Gasteiger partial charge in [-0.3, -0.25) is 0 Å². The van der Waals surface area contributed by atoms with E-state index in [0.717, 1.165) is 17.5 Å². The lowest BCUT2D eigenvalue weighted by Crippen LogP contribution is -2.09. The fourth-order valence-corrected chi connectivity index (χ4v) is 1.31. The summed E-state index contributed by atoms with van der Waals surface area (Å²) in [6, 6.07) is 2.13. The van der Waals surface area contributed by atoms with E-state index in [1.165, 1.54) is 0 Å². The second-order valence-electron chi connectivity index (χ2n) is 3.34. The van der Waals surface area contributed by atoms with Gasteiger partial charge >= 0.3 is 0 Å². The molecular weight excluding hydrogens is 176 g/mol. The van der Waals surface area contributed by atoms with Gasteiger partial charge in [0.15, 0.2) is 0 Å². The van der Waals surface area contributed by atoms with Crippen LogP contribution in [0.15, 0.2) is 12.3 Å². The molecule has 1 rings (SSSR count). The molecule has 0 fully saturated rings. The van der Waals surface area contributed by atoms with Crippen molar-refractivity contribution >= 4 is 0 Å². The van der Waals surface area contributed by atoms with E-state index in [0.29, 0.717) is 12.5 Å². The van der Waals surface area contributed by atoms with Gasteiger partial charge in [0.25, 0.3) is 0 Å². The van der Waals surface area contributed by atoms with Crippen molar-refractivity contribution in [3.8, 4) is 5.88 Å². The van der Waals surface area contributed by atoms with Crippen LogP contribution in [0.5, 0.6) is 5.88 Å². The lowest BCUT2D eigenvalue weighted by atomic mass is 10.1. The van der Waals surface area contributed by atoms with Crippen LogP contribution < -0.4 is 10.5 Å². The van der Waals surface area contributed by atoms with Crippen molar-refractivity contribution in [3.05, 3.63) is 23.4 Å². The van der Waals surface area contributed by atoms with Gasteiger partial charge in [0.1, 0.15) is 0 Å². The van der Waals surface area contributed by atoms with Crippen molar-refractivity contribution < 1.29 is 4.74 Å². The summed E-state index contributed by atoms with van der Waals surface area (Å²) in [6.07, 6.45) is 2.72. The molecular formula is C11H18N2O. The number of aromatic nitrogens is 1. The molecule has 0 radical (unpaired) electrons. The predicted octanol–water partition coefficient (Wildman–Crippen LogP) is 2.20. The maximum atomic E-state index is 5.91. The van der Waals surface area contributed by atoms with Gasteiger partial charge in [-0.15, -0.1) is 0 Å². The highest BCUT2D eigenvalue weighted by Crippen LogP contribution is 2.19. The Labute approximate surface area is 85.3 Å². The molecule has 0 aromatic carbocycles. The third-order valence-corrected chi connectivity index (χ3v) is 2.20. The van der Waals surface area contributed by atoms with E-state index < -0.39 is 0 Å². The normalized spacial score (nSPS) is 12.6. The molecule has 78 valence electrons. The van der Waals surface area contributed by atoms with Crippen LogP contribution in [0.1, 0.15) is 37.4 Å². The summed E-state index contributed by atoms with van der Waals surface area (Å²) in [5.41, 5.74) is 8.03. The zero-order valence-electron chi connectivity index (χ0n) is 9.08. The Morgan fingerprint density at radius 3 is 2.71 bits per heavy atom. The summed E-state index contributed by atoms with van der Waals surface area (Å²) in [4.78, 5) is 4.23. The molecule has 0 amide bonds. The monoisotopic (exact) mass is 194 g/mol. The van der Waals surface area contributed by atoms with Crippen molar-refractivity contribution in [3.63, 3.8) is 0 Å². The first-order valence-corrected chi connectivity index (χ1v) is 5.04. The number of nitrogens with two attached hydrogens (primary N) is 1. The highest BCUT2D eigenvalue weighted by molar-refractivity contribution is 5.29. The molecule has 2 N–H and O–H groups in total. The summed E-state index contributed by atoms with van der Waals surface area (Å²) < 4.78 is 5.35. The number of hydrogen-bond donors (Lipinski definition) is 1. The Kier molecular flexibility index (Phi) is 3.89. The van der Waals surface area contributed by atoms with Gasteiger partial charge < -0.3 is 10.5 Å². The fourth-order valence-electron chi connectivity index (χ4n) is 1.31. The Morgan fingerprint density at radius 2 is 2.21 bits per heavy atom. The quantitative estimate of drug-likeness (QED) is 0.799. The van der Waals surface area contributed by atoms with Crippen LogP contribution >= 0.6 is 0 Å². The van der Waals surface area contributed by atoms with E-state index in [1.807, 2.05) is 19.9 Å². The molecule has 0 saturated heterocycles. The summed E-state index contributed by atoms with van der Waals surface area (Å²) >= 11 is 0. The molecule has 0 bridgehead atoms. The molecule has 1 heterocycles. The van der Waals surface area contributed by atoms with Gasteiger partial charge in [-0.1, -0.05) is 6.92 Å². The number of aryl methyl sites for hydroxylation is 1. The SMILES string of the molecule is CCOc1ncc([C@H](N)CC)cc1C. The van der Waals surface area contributed by atoms with Gasteiger partial charge in [-0.25, -0.2) is 4.98 Å². The summed E-state index contributed by atoms with van der Waals surface area (Å²) in [5.74, 6) is 0.708. The van der Waals surface area contributed by atoms with E-state index in [2.05, 4.69) is 11.9 Å². The maximum absolute atomic E-state index is 5.91. The predicted molar refractivity (Wildman–Crippen MR) is 57.4 cm³/mol. The summed E-state index contributed by atoms with van der Waals surface area (Å²) in [7, 11) is 0. The topological polar surface area (TPSA) is 48.1 Å². The van der Waals surface area contributed by atoms with Gasteiger partial charge in [-0.2, -0.15) is 0 Å². The van der Waals surface area contributed by atoms with Gasteiger partial charge in [0.05, 0.1) is 6.61 Å². The van der Waals surface area contributed by atoms with Crippen LogP contribution in [0.25, 0.3) is 0 Å². The molecule has 14 heavy (non-hydrogen) atoms. The third-order valence-electron chi connectivity index (χ3n) is 2.20. The van der Waals surface area contributed by atoms with E-state index in [-0.39, 0.29) is 6.04 Å². The highest BCUT2D eigenvalue weighted by atomic mass is 16.5. The fraction of sp³-hybridized carbons (Fsp3) is 0.545. The summed E-state index contributed by atoms with van der Waals surface area (Å²) in [5, 5.41) is 0. The molecule has 1 aromatic heterocycles. The van der Waals surface area contributed by atoms with E-state index in [1.54, 1.807) is 6.20 Å². The molecule has 1 atom stereocenters. The Bertz CT molecular complexity index is 299. The highest BCUT2D eigenvalue weighted by Gasteiger charge is 2.07. The molecule has 0 unspecified atom stereocenters. The van der Waals surface area contributed by atoms with Crippen LogP contribution in [0.3, 0.4) is 0 Å². The van der Waals surface area contributed by atoms with Crippen molar-refractivity contribution in [2.75, 3.05) is 6.61 Å². The van der Waals surface area contributed by atoms with Crippen LogP contribution in [-0.4, -0.2) is 11.6 Å². The Morgan fingerprint density at radius 1 is 1.50 bits per heavy atom. The number of hydrogen-bond acceptors (Lipinski definition) is 3. The molecule has 3 heteroatoms. The first kappa shape index (κ1) is 11.0. The Hall–Kier alpha value is -1.09. The molecule has 0 aliphatic carbocycles. The van der Waals surface area contributed by atoms with E-state index in [9.17, 15) is 0 Å². The lowest BCUT2D eigenvalue weighted by Gasteiger charge is -2.11. The number of nitrogens with zero attached hydrogens (tertiary/aromatic N) is 1. The van der Waals surface area contributed by atoms with Gasteiger partial charge in [0, 0.05) is 17.8 Å². The number of pyridine rings is 1. The number of ether oxygens (including phenoxy) is 1. The van der Waals surface area contributed by atoms with Crippen molar-refractivity contribution in [2.24, 2.45) is 5.73 Å². The molecule has 0 spiro atoms. The minimum absolute atomic E-state index is 0.0804. The first-order valence-electron chi connectivity index (χ1n) is 5.04. The van der Waals surface area contributed by atoms with Crippen LogP contribution in [0, 0.1) is 6.92 Å². The zero-order valence-corrected chi connectivity index (χ0v) is 9.08. The van der Waals surface area contributed by atoms with E-state index >= 15 is 0 Å². The smallest absolute Gasteiger partial charge is 0.216 e. The lowest BCUT2D eigenvalue weighted by molar-refractivity contribution is 0.324.